The minimum absolute atomic E-state index is 0.233. The summed E-state index contributed by atoms with van der Waals surface area (Å²) < 4.78 is 6.04. The van der Waals surface area contributed by atoms with E-state index in [1.54, 1.807) is 11.3 Å². The first kappa shape index (κ1) is 13.4. The second kappa shape index (κ2) is 5.73. The number of alkyl halides is 1. The fourth-order valence-corrected chi connectivity index (χ4v) is 4.14. The summed E-state index contributed by atoms with van der Waals surface area (Å²) in [7, 11) is 0. The van der Waals surface area contributed by atoms with E-state index in [1.807, 2.05) is 0 Å². The molecule has 3 heteroatoms. The van der Waals surface area contributed by atoms with E-state index >= 15 is 0 Å². The summed E-state index contributed by atoms with van der Waals surface area (Å²) in [5.74, 6) is 0. The molecule has 0 saturated heterocycles. The van der Waals surface area contributed by atoms with Crippen molar-refractivity contribution in [2.45, 2.75) is 51.0 Å². The smallest absolute Gasteiger partial charge is 0.0659 e. The molecule has 0 aromatic carbocycles. The van der Waals surface area contributed by atoms with E-state index < -0.39 is 0 Å². The Labute approximate surface area is 113 Å². The zero-order chi connectivity index (χ0) is 12.3. The van der Waals surface area contributed by atoms with Gasteiger partial charge in [0, 0.05) is 22.1 Å². The van der Waals surface area contributed by atoms with E-state index in [4.69, 9.17) is 16.3 Å². The molecule has 0 spiro atoms. The molecule has 0 radical (unpaired) electrons. The van der Waals surface area contributed by atoms with Crippen LogP contribution in [-0.2, 0) is 11.2 Å². The van der Waals surface area contributed by atoms with Crippen LogP contribution in [0.3, 0.4) is 0 Å². The minimum Gasteiger partial charge on any atom is -0.377 e. The molecule has 0 N–H and O–H groups in total. The Hall–Kier alpha value is -0.0500. The van der Waals surface area contributed by atoms with Crippen LogP contribution in [0.15, 0.2) is 17.5 Å². The molecular weight excluding hydrogens is 252 g/mol. The third-order valence-corrected chi connectivity index (χ3v) is 5.80. The van der Waals surface area contributed by atoms with Crippen molar-refractivity contribution in [3.05, 3.63) is 22.4 Å². The average molecular weight is 273 g/mol. The fourth-order valence-electron chi connectivity index (χ4n) is 2.84. The Balaban J connectivity index is 1.80. The molecule has 1 aromatic rings. The average Bonchev–Trinajstić information content (AvgIpc) is 2.83. The Morgan fingerprint density at radius 3 is 2.76 bits per heavy atom. The maximum Gasteiger partial charge on any atom is 0.0659 e. The van der Waals surface area contributed by atoms with Crippen molar-refractivity contribution >= 4 is 22.9 Å². The molecule has 1 aliphatic rings. The van der Waals surface area contributed by atoms with E-state index in [0.717, 1.165) is 32.3 Å². The van der Waals surface area contributed by atoms with Gasteiger partial charge in [-0.3, -0.25) is 0 Å². The van der Waals surface area contributed by atoms with Gasteiger partial charge in [0.2, 0.25) is 0 Å². The molecule has 1 fully saturated rings. The lowest BCUT2D eigenvalue weighted by molar-refractivity contribution is -0.110. The van der Waals surface area contributed by atoms with Crippen LogP contribution in [0.4, 0.5) is 0 Å². The molecule has 17 heavy (non-hydrogen) atoms. The molecule has 96 valence electrons. The van der Waals surface area contributed by atoms with Crippen LogP contribution < -0.4 is 0 Å². The summed E-state index contributed by atoms with van der Waals surface area (Å²) in [6.07, 6.45) is 4.68. The van der Waals surface area contributed by atoms with Crippen LogP contribution in [-0.4, -0.2) is 18.1 Å². The maximum atomic E-state index is 6.37. The minimum atomic E-state index is 0.233. The summed E-state index contributed by atoms with van der Waals surface area (Å²) in [4.78, 5) is 1.41. The van der Waals surface area contributed by atoms with Crippen molar-refractivity contribution in [1.82, 2.24) is 0 Å². The molecule has 0 aliphatic heterocycles. The lowest BCUT2D eigenvalue weighted by Gasteiger charge is -2.52. The first-order valence-electron chi connectivity index (χ1n) is 6.51. The normalized spacial score (nSPS) is 26.8. The van der Waals surface area contributed by atoms with Crippen LogP contribution in [0.2, 0.25) is 0 Å². The van der Waals surface area contributed by atoms with Gasteiger partial charge in [-0.05, 0) is 30.7 Å². The van der Waals surface area contributed by atoms with Crippen LogP contribution >= 0.6 is 22.9 Å². The number of halogens is 1. The van der Waals surface area contributed by atoms with Gasteiger partial charge in [-0.2, -0.15) is 0 Å². The van der Waals surface area contributed by atoms with Gasteiger partial charge < -0.3 is 4.74 Å². The van der Waals surface area contributed by atoms with Gasteiger partial charge in [0.15, 0.2) is 0 Å². The monoisotopic (exact) mass is 272 g/mol. The molecule has 2 atom stereocenters. The molecule has 1 aliphatic carbocycles. The van der Waals surface area contributed by atoms with Gasteiger partial charge in [-0.25, -0.2) is 0 Å². The number of thiophene rings is 1. The number of hydrogen-bond acceptors (Lipinski definition) is 2. The molecule has 2 rings (SSSR count). The highest BCUT2D eigenvalue weighted by Gasteiger charge is 2.52. The third-order valence-electron chi connectivity index (χ3n) is 4.25. The SMILES string of the molecule is CCC1(CC)C(Cl)CC1OCCc1cccs1. The lowest BCUT2D eigenvalue weighted by Crippen LogP contribution is -2.55. The predicted octanol–water partition coefficient (Wildman–Crippen LogP) is 4.49. The van der Waals surface area contributed by atoms with Crippen molar-refractivity contribution in [3.8, 4) is 0 Å². The summed E-state index contributed by atoms with van der Waals surface area (Å²) in [6, 6.07) is 4.27. The van der Waals surface area contributed by atoms with Crippen molar-refractivity contribution in [2.75, 3.05) is 6.61 Å². The lowest BCUT2D eigenvalue weighted by atomic mass is 9.62. The summed E-state index contributed by atoms with van der Waals surface area (Å²) >= 11 is 8.17. The van der Waals surface area contributed by atoms with Crippen LogP contribution in [0.25, 0.3) is 0 Å². The molecule has 0 amide bonds. The van der Waals surface area contributed by atoms with E-state index in [1.165, 1.54) is 4.88 Å². The summed E-state index contributed by atoms with van der Waals surface area (Å²) in [6.45, 7) is 5.29. The summed E-state index contributed by atoms with van der Waals surface area (Å²) in [5, 5.41) is 2.43. The first-order valence-corrected chi connectivity index (χ1v) is 7.82. The van der Waals surface area contributed by atoms with Gasteiger partial charge >= 0.3 is 0 Å². The largest absolute Gasteiger partial charge is 0.377 e. The van der Waals surface area contributed by atoms with Gasteiger partial charge in [-0.1, -0.05) is 19.9 Å². The molecular formula is C14H21ClOS. The third kappa shape index (κ3) is 2.54. The van der Waals surface area contributed by atoms with Crippen molar-refractivity contribution in [2.24, 2.45) is 5.41 Å². The van der Waals surface area contributed by atoms with Gasteiger partial charge in [0.05, 0.1) is 12.7 Å². The number of hydrogen-bond donors (Lipinski definition) is 0. The molecule has 1 saturated carbocycles. The predicted molar refractivity (Wildman–Crippen MR) is 75.0 cm³/mol. The Morgan fingerprint density at radius 1 is 1.47 bits per heavy atom. The van der Waals surface area contributed by atoms with Gasteiger partial charge in [0.25, 0.3) is 0 Å². The molecule has 1 nitrogen and oxygen atoms in total. The zero-order valence-corrected chi connectivity index (χ0v) is 12.2. The highest BCUT2D eigenvalue weighted by atomic mass is 35.5. The second-order valence-corrected chi connectivity index (χ2v) is 6.39. The van der Waals surface area contributed by atoms with Crippen molar-refractivity contribution in [3.63, 3.8) is 0 Å². The van der Waals surface area contributed by atoms with E-state index in [2.05, 4.69) is 31.4 Å². The molecule has 0 bridgehead atoms. The highest BCUT2D eigenvalue weighted by Crippen LogP contribution is 2.51. The van der Waals surface area contributed by atoms with E-state index in [-0.39, 0.29) is 5.41 Å². The van der Waals surface area contributed by atoms with E-state index in [0.29, 0.717) is 11.5 Å². The van der Waals surface area contributed by atoms with Crippen LogP contribution in [0, 0.1) is 5.41 Å². The van der Waals surface area contributed by atoms with Crippen molar-refractivity contribution in [1.29, 1.82) is 0 Å². The van der Waals surface area contributed by atoms with E-state index in [9.17, 15) is 0 Å². The Kier molecular flexibility index (Phi) is 4.51. The quantitative estimate of drug-likeness (QED) is 0.693. The molecule has 1 aromatic heterocycles. The molecule has 1 heterocycles. The fraction of sp³-hybridized carbons (Fsp3) is 0.714. The second-order valence-electron chi connectivity index (χ2n) is 4.83. The Morgan fingerprint density at radius 2 is 2.24 bits per heavy atom. The topological polar surface area (TPSA) is 9.23 Å². The van der Waals surface area contributed by atoms with Crippen molar-refractivity contribution < 1.29 is 4.74 Å². The first-order chi connectivity index (χ1) is 8.23. The van der Waals surface area contributed by atoms with Gasteiger partial charge in [0.1, 0.15) is 0 Å². The Bertz CT molecular complexity index is 332. The standard InChI is InChI=1S/C14H21ClOS/c1-3-14(4-2)12(15)10-13(14)16-8-7-11-6-5-9-17-11/h5-6,9,12-13H,3-4,7-8,10H2,1-2H3. The zero-order valence-electron chi connectivity index (χ0n) is 10.6. The van der Waals surface area contributed by atoms with Gasteiger partial charge in [-0.15, -0.1) is 22.9 Å². The summed E-state index contributed by atoms with van der Waals surface area (Å²) in [5.41, 5.74) is 0.233. The van der Waals surface area contributed by atoms with Crippen LogP contribution in [0.1, 0.15) is 38.0 Å². The number of ether oxygens (including phenoxy) is 1. The highest BCUT2D eigenvalue weighted by molar-refractivity contribution is 7.09. The van der Waals surface area contributed by atoms with Crippen LogP contribution in [0.5, 0.6) is 0 Å². The number of rotatable bonds is 6. The maximum absolute atomic E-state index is 6.37. The molecule has 2 unspecified atom stereocenters.